The molecule has 0 saturated heterocycles. The summed E-state index contributed by atoms with van der Waals surface area (Å²) in [6.07, 6.45) is 6.55. The lowest BCUT2D eigenvalue weighted by molar-refractivity contribution is 0.0927. The molecule has 104 valence electrons. The van der Waals surface area contributed by atoms with Gasteiger partial charge in [-0.15, -0.1) is 0 Å². The molecule has 0 unspecified atom stereocenters. The zero-order chi connectivity index (χ0) is 13.8. The van der Waals surface area contributed by atoms with Crippen molar-refractivity contribution in [3.63, 3.8) is 0 Å². The van der Waals surface area contributed by atoms with Gasteiger partial charge < -0.3 is 5.32 Å². The maximum Gasteiger partial charge on any atom is 0.251 e. The number of hydrogen-bond acceptors (Lipinski definition) is 2. The van der Waals surface area contributed by atoms with Crippen molar-refractivity contribution in [1.82, 2.24) is 5.32 Å². The van der Waals surface area contributed by atoms with E-state index in [1.165, 1.54) is 12.1 Å². The van der Waals surface area contributed by atoms with Crippen LogP contribution >= 0.6 is 11.8 Å². The molecule has 0 spiro atoms. The molecule has 2 nitrogen and oxygen atoms in total. The van der Waals surface area contributed by atoms with Crippen molar-refractivity contribution in [3.8, 4) is 0 Å². The van der Waals surface area contributed by atoms with E-state index in [4.69, 9.17) is 0 Å². The standard InChI is InChI=1S/C15H20FNOS/c1-10-9-11(16)3-8-14(10)15(18)17-12-4-6-13(19-2)7-5-12/h3,8-9,12-13H,4-7H2,1-2H3,(H,17,18). The molecule has 0 aliphatic heterocycles. The Balaban J connectivity index is 1.94. The van der Waals surface area contributed by atoms with E-state index in [0.717, 1.165) is 30.9 Å². The fourth-order valence-electron chi connectivity index (χ4n) is 2.59. The Bertz CT molecular complexity index is 455. The highest BCUT2D eigenvalue weighted by Crippen LogP contribution is 2.27. The number of aryl methyl sites for hydroxylation is 1. The van der Waals surface area contributed by atoms with E-state index in [1.54, 1.807) is 13.0 Å². The first kappa shape index (κ1) is 14.4. The van der Waals surface area contributed by atoms with Gasteiger partial charge in [-0.2, -0.15) is 11.8 Å². The van der Waals surface area contributed by atoms with E-state index < -0.39 is 0 Å². The highest BCUT2D eigenvalue weighted by atomic mass is 32.2. The van der Waals surface area contributed by atoms with Crippen LogP contribution in [0.15, 0.2) is 18.2 Å². The molecule has 1 aromatic carbocycles. The van der Waals surface area contributed by atoms with Crippen molar-refractivity contribution < 1.29 is 9.18 Å². The van der Waals surface area contributed by atoms with Gasteiger partial charge in [0, 0.05) is 16.9 Å². The Kier molecular flexibility index (Phi) is 4.86. The third-order valence-corrected chi connectivity index (χ3v) is 4.91. The highest BCUT2D eigenvalue weighted by molar-refractivity contribution is 7.99. The second kappa shape index (κ2) is 6.42. The highest BCUT2D eigenvalue weighted by Gasteiger charge is 2.22. The molecule has 2 rings (SSSR count). The Morgan fingerprint density at radius 2 is 2.00 bits per heavy atom. The lowest BCUT2D eigenvalue weighted by atomic mass is 9.94. The molecule has 19 heavy (non-hydrogen) atoms. The van der Waals surface area contributed by atoms with Crippen LogP contribution < -0.4 is 5.32 Å². The summed E-state index contributed by atoms with van der Waals surface area (Å²) >= 11 is 1.91. The second-order valence-corrected chi connectivity index (χ2v) is 6.28. The molecular weight excluding hydrogens is 261 g/mol. The van der Waals surface area contributed by atoms with Gasteiger partial charge >= 0.3 is 0 Å². The summed E-state index contributed by atoms with van der Waals surface area (Å²) < 4.78 is 13.0. The molecule has 4 heteroatoms. The molecule has 0 bridgehead atoms. The first-order chi connectivity index (χ1) is 9.10. The van der Waals surface area contributed by atoms with Gasteiger partial charge in [0.15, 0.2) is 0 Å². The van der Waals surface area contributed by atoms with Crippen molar-refractivity contribution in [2.75, 3.05) is 6.26 Å². The zero-order valence-corrected chi connectivity index (χ0v) is 12.2. The predicted octanol–water partition coefficient (Wildman–Crippen LogP) is 3.54. The largest absolute Gasteiger partial charge is 0.349 e. The Morgan fingerprint density at radius 1 is 1.32 bits per heavy atom. The molecule has 1 aromatic rings. The van der Waals surface area contributed by atoms with E-state index >= 15 is 0 Å². The molecule has 1 amide bonds. The van der Waals surface area contributed by atoms with E-state index in [0.29, 0.717) is 11.1 Å². The summed E-state index contributed by atoms with van der Waals surface area (Å²) in [4.78, 5) is 12.2. The van der Waals surface area contributed by atoms with Gasteiger partial charge in [-0.05, 0) is 62.6 Å². The summed E-state index contributed by atoms with van der Waals surface area (Å²) in [6, 6.07) is 4.57. The van der Waals surface area contributed by atoms with Crippen LogP contribution in [0.5, 0.6) is 0 Å². The smallest absolute Gasteiger partial charge is 0.251 e. The zero-order valence-electron chi connectivity index (χ0n) is 11.4. The minimum atomic E-state index is -0.297. The Morgan fingerprint density at radius 3 is 2.58 bits per heavy atom. The summed E-state index contributed by atoms with van der Waals surface area (Å²) in [5.41, 5.74) is 1.27. The van der Waals surface area contributed by atoms with Crippen molar-refractivity contribution in [2.24, 2.45) is 0 Å². The minimum absolute atomic E-state index is 0.0786. The first-order valence-electron chi connectivity index (χ1n) is 6.70. The summed E-state index contributed by atoms with van der Waals surface area (Å²) in [5.74, 6) is -0.375. The molecule has 0 aromatic heterocycles. The maximum atomic E-state index is 13.0. The molecule has 0 atom stereocenters. The number of carbonyl (C=O) groups is 1. The first-order valence-corrected chi connectivity index (χ1v) is 7.98. The summed E-state index contributed by atoms with van der Waals surface area (Å²) in [6.45, 7) is 1.77. The molecule has 0 radical (unpaired) electrons. The lowest BCUT2D eigenvalue weighted by Gasteiger charge is -2.28. The number of carbonyl (C=O) groups excluding carboxylic acids is 1. The van der Waals surface area contributed by atoms with Gasteiger partial charge in [-0.3, -0.25) is 4.79 Å². The quantitative estimate of drug-likeness (QED) is 0.918. The third kappa shape index (κ3) is 3.72. The van der Waals surface area contributed by atoms with Gasteiger partial charge in [-0.1, -0.05) is 0 Å². The number of halogens is 1. The number of thioether (sulfide) groups is 1. The summed E-state index contributed by atoms with van der Waals surface area (Å²) in [5, 5.41) is 3.81. The number of amides is 1. The second-order valence-electron chi connectivity index (χ2n) is 5.14. The molecule has 1 aliphatic carbocycles. The molecule has 0 heterocycles. The van der Waals surface area contributed by atoms with E-state index in [9.17, 15) is 9.18 Å². The van der Waals surface area contributed by atoms with Gasteiger partial charge in [0.25, 0.3) is 5.91 Å². The molecule has 1 saturated carbocycles. The van der Waals surface area contributed by atoms with Gasteiger partial charge in [0.2, 0.25) is 0 Å². The van der Waals surface area contributed by atoms with Crippen LogP contribution in [-0.4, -0.2) is 23.5 Å². The van der Waals surface area contributed by atoms with Crippen LogP contribution in [0.4, 0.5) is 4.39 Å². The predicted molar refractivity (Wildman–Crippen MR) is 78.2 cm³/mol. The van der Waals surface area contributed by atoms with Crippen molar-refractivity contribution in [2.45, 2.75) is 43.9 Å². The van der Waals surface area contributed by atoms with Crippen molar-refractivity contribution in [1.29, 1.82) is 0 Å². The van der Waals surface area contributed by atoms with Crippen LogP contribution in [0, 0.1) is 12.7 Å². The minimum Gasteiger partial charge on any atom is -0.349 e. The number of hydrogen-bond donors (Lipinski definition) is 1. The van der Waals surface area contributed by atoms with E-state index in [-0.39, 0.29) is 17.8 Å². The van der Waals surface area contributed by atoms with Crippen molar-refractivity contribution in [3.05, 3.63) is 35.1 Å². The average molecular weight is 281 g/mol. The molecule has 1 N–H and O–H groups in total. The summed E-state index contributed by atoms with van der Waals surface area (Å²) in [7, 11) is 0. The third-order valence-electron chi connectivity index (χ3n) is 3.78. The topological polar surface area (TPSA) is 29.1 Å². The normalized spacial score (nSPS) is 23.1. The van der Waals surface area contributed by atoms with Crippen LogP contribution in [-0.2, 0) is 0 Å². The monoisotopic (exact) mass is 281 g/mol. The maximum absolute atomic E-state index is 13.0. The fraction of sp³-hybridized carbons (Fsp3) is 0.533. The average Bonchev–Trinajstić information content (AvgIpc) is 2.39. The number of nitrogens with one attached hydrogen (secondary N) is 1. The van der Waals surface area contributed by atoms with Crippen LogP contribution in [0.3, 0.4) is 0 Å². The van der Waals surface area contributed by atoms with E-state index in [1.807, 2.05) is 11.8 Å². The Hall–Kier alpha value is -1.03. The van der Waals surface area contributed by atoms with Gasteiger partial charge in [0.1, 0.15) is 5.82 Å². The van der Waals surface area contributed by atoms with Crippen molar-refractivity contribution >= 4 is 17.7 Å². The lowest BCUT2D eigenvalue weighted by Crippen LogP contribution is -2.38. The fourth-order valence-corrected chi connectivity index (χ4v) is 3.33. The molecular formula is C15H20FNOS. The van der Waals surface area contributed by atoms with Crippen LogP contribution in [0.25, 0.3) is 0 Å². The van der Waals surface area contributed by atoms with Gasteiger partial charge in [0.05, 0.1) is 0 Å². The number of benzene rings is 1. The van der Waals surface area contributed by atoms with Gasteiger partial charge in [-0.25, -0.2) is 4.39 Å². The SMILES string of the molecule is CSC1CCC(NC(=O)c2ccc(F)cc2C)CC1. The molecule has 1 aliphatic rings. The van der Waals surface area contributed by atoms with Crippen LogP contribution in [0.1, 0.15) is 41.6 Å². The van der Waals surface area contributed by atoms with Crippen LogP contribution in [0.2, 0.25) is 0 Å². The molecule has 1 fully saturated rings. The Labute approximate surface area is 118 Å². The van der Waals surface area contributed by atoms with E-state index in [2.05, 4.69) is 11.6 Å². The number of rotatable bonds is 3.